The normalized spacial score (nSPS) is 15.7. The molecular weight excluding hydrogens is 412 g/mol. The average Bonchev–Trinajstić information content (AvgIpc) is 3.40. The third-order valence-electron chi connectivity index (χ3n) is 5.87. The van der Waals surface area contributed by atoms with Crippen molar-refractivity contribution in [3.05, 3.63) is 94.2 Å². The number of rotatable bonds is 3. The fourth-order valence-electron chi connectivity index (χ4n) is 4.10. The highest BCUT2D eigenvalue weighted by atomic mass is 35.5. The minimum Gasteiger partial charge on any atom is -0.355 e. The van der Waals surface area contributed by atoms with E-state index in [1.165, 1.54) is 0 Å². The number of aromatic nitrogens is 3. The number of halogens is 1. The standard InChI is InChI=1S/C24H21ClN4O2/c1-15-26-22(23(25)28(15)2)19-14-29(13-17-10-6-7-11-18(17)19)24(30)20-12-21(31-27-20)16-8-4-3-5-9-16/h3-12,19H,13-14H2,1-2H3. The van der Waals surface area contributed by atoms with Crippen LogP contribution < -0.4 is 0 Å². The quantitative estimate of drug-likeness (QED) is 0.465. The van der Waals surface area contributed by atoms with Crippen molar-refractivity contribution in [1.82, 2.24) is 19.6 Å². The molecule has 7 heteroatoms. The lowest BCUT2D eigenvalue weighted by Gasteiger charge is -2.33. The summed E-state index contributed by atoms with van der Waals surface area (Å²) >= 11 is 6.60. The molecule has 1 unspecified atom stereocenters. The molecule has 2 aromatic carbocycles. The molecule has 6 nitrogen and oxygen atoms in total. The summed E-state index contributed by atoms with van der Waals surface area (Å²) in [7, 11) is 1.90. The van der Waals surface area contributed by atoms with Crippen LogP contribution in [0, 0.1) is 6.92 Å². The zero-order chi connectivity index (χ0) is 21.5. The van der Waals surface area contributed by atoms with Gasteiger partial charge in [-0.3, -0.25) is 4.79 Å². The van der Waals surface area contributed by atoms with E-state index in [2.05, 4.69) is 11.2 Å². The summed E-state index contributed by atoms with van der Waals surface area (Å²) in [5, 5.41) is 4.64. The van der Waals surface area contributed by atoms with Crippen LogP contribution >= 0.6 is 11.6 Å². The molecule has 1 aliphatic heterocycles. The second kappa shape index (κ2) is 7.71. The van der Waals surface area contributed by atoms with Crippen molar-refractivity contribution < 1.29 is 9.32 Å². The molecule has 1 atom stereocenters. The molecular formula is C24H21ClN4O2. The van der Waals surface area contributed by atoms with E-state index >= 15 is 0 Å². The molecule has 2 aromatic heterocycles. The van der Waals surface area contributed by atoms with Crippen LogP contribution in [0.4, 0.5) is 0 Å². The van der Waals surface area contributed by atoms with E-state index in [0.717, 1.165) is 28.2 Å². The van der Waals surface area contributed by atoms with Gasteiger partial charge in [-0.1, -0.05) is 71.4 Å². The maximum atomic E-state index is 13.3. The molecule has 0 saturated carbocycles. The second-order valence-corrected chi connectivity index (χ2v) is 8.13. The Morgan fingerprint density at radius 2 is 1.87 bits per heavy atom. The Bertz CT molecular complexity index is 1260. The number of nitrogens with zero attached hydrogens (tertiary/aromatic N) is 4. The molecule has 0 radical (unpaired) electrons. The molecule has 156 valence electrons. The Hall–Kier alpha value is -3.38. The lowest BCUT2D eigenvalue weighted by Crippen LogP contribution is -2.39. The van der Waals surface area contributed by atoms with Gasteiger partial charge in [-0.15, -0.1) is 0 Å². The van der Waals surface area contributed by atoms with Gasteiger partial charge in [0.05, 0.1) is 5.69 Å². The summed E-state index contributed by atoms with van der Waals surface area (Å²) in [6.45, 7) is 2.90. The monoisotopic (exact) mass is 432 g/mol. The van der Waals surface area contributed by atoms with E-state index in [-0.39, 0.29) is 11.8 Å². The number of carbonyl (C=O) groups excluding carboxylic acids is 1. The highest BCUT2D eigenvalue weighted by Gasteiger charge is 2.33. The van der Waals surface area contributed by atoms with Gasteiger partial charge in [0.1, 0.15) is 11.0 Å². The van der Waals surface area contributed by atoms with E-state index in [4.69, 9.17) is 21.1 Å². The number of fused-ring (bicyclic) bond motifs is 1. The topological polar surface area (TPSA) is 64.2 Å². The van der Waals surface area contributed by atoms with E-state index in [9.17, 15) is 4.79 Å². The van der Waals surface area contributed by atoms with Crippen LogP contribution in [0.25, 0.3) is 11.3 Å². The number of hydrogen-bond acceptors (Lipinski definition) is 4. The van der Waals surface area contributed by atoms with Crippen molar-refractivity contribution >= 4 is 17.5 Å². The molecule has 5 rings (SSSR count). The summed E-state index contributed by atoms with van der Waals surface area (Å²) in [4.78, 5) is 19.8. The molecule has 1 amide bonds. The van der Waals surface area contributed by atoms with Gasteiger partial charge in [-0.25, -0.2) is 4.98 Å². The highest BCUT2D eigenvalue weighted by Crippen LogP contribution is 2.37. The van der Waals surface area contributed by atoms with Gasteiger partial charge in [0, 0.05) is 37.7 Å². The summed E-state index contributed by atoms with van der Waals surface area (Å²) in [5.41, 5.74) is 4.19. The fraction of sp³-hybridized carbons (Fsp3) is 0.208. The number of hydrogen-bond donors (Lipinski definition) is 0. The van der Waals surface area contributed by atoms with Crippen molar-refractivity contribution in [1.29, 1.82) is 0 Å². The smallest absolute Gasteiger partial charge is 0.276 e. The summed E-state index contributed by atoms with van der Waals surface area (Å²) in [6, 6.07) is 19.5. The zero-order valence-corrected chi connectivity index (χ0v) is 18.0. The molecule has 1 aliphatic rings. The van der Waals surface area contributed by atoms with Crippen LogP contribution in [-0.2, 0) is 13.6 Å². The lowest BCUT2D eigenvalue weighted by atomic mass is 9.87. The third-order valence-corrected chi connectivity index (χ3v) is 6.32. The van der Waals surface area contributed by atoms with E-state index in [1.54, 1.807) is 11.0 Å². The van der Waals surface area contributed by atoms with Crippen molar-refractivity contribution in [2.45, 2.75) is 19.4 Å². The van der Waals surface area contributed by atoms with Crippen LogP contribution in [0.3, 0.4) is 0 Å². The molecule has 0 saturated heterocycles. The average molecular weight is 433 g/mol. The minimum atomic E-state index is -0.172. The van der Waals surface area contributed by atoms with Crippen molar-refractivity contribution in [2.75, 3.05) is 6.54 Å². The van der Waals surface area contributed by atoms with Crippen LogP contribution in [0.1, 0.15) is 39.1 Å². The van der Waals surface area contributed by atoms with E-state index in [0.29, 0.717) is 29.7 Å². The maximum absolute atomic E-state index is 13.3. The van der Waals surface area contributed by atoms with Crippen molar-refractivity contribution in [2.24, 2.45) is 7.05 Å². The number of amides is 1. The molecule has 0 fully saturated rings. The number of benzene rings is 2. The first-order chi connectivity index (χ1) is 15.0. The summed E-state index contributed by atoms with van der Waals surface area (Å²) < 4.78 is 7.31. The third kappa shape index (κ3) is 3.43. The molecule has 3 heterocycles. The molecule has 31 heavy (non-hydrogen) atoms. The Kier molecular flexibility index (Phi) is 4.87. The highest BCUT2D eigenvalue weighted by molar-refractivity contribution is 6.30. The van der Waals surface area contributed by atoms with Crippen LogP contribution in [-0.4, -0.2) is 32.1 Å². The predicted molar refractivity (Wildman–Crippen MR) is 118 cm³/mol. The van der Waals surface area contributed by atoms with Gasteiger partial charge >= 0.3 is 0 Å². The largest absolute Gasteiger partial charge is 0.355 e. The second-order valence-electron chi connectivity index (χ2n) is 7.77. The number of aryl methyl sites for hydroxylation is 1. The number of carbonyl (C=O) groups is 1. The van der Waals surface area contributed by atoms with Crippen LogP contribution in [0.15, 0.2) is 65.2 Å². The first kappa shape index (κ1) is 19.6. The minimum absolute atomic E-state index is 0.109. The molecule has 4 aromatic rings. The van der Waals surface area contributed by atoms with E-state index in [1.807, 2.05) is 67.1 Å². The Balaban J connectivity index is 1.49. The van der Waals surface area contributed by atoms with Crippen molar-refractivity contribution in [3.8, 4) is 11.3 Å². The molecule has 0 bridgehead atoms. The first-order valence-electron chi connectivity index (χ1n) is 10.1. The molecule has 0 aliphatic carbocycles. The lowest BCUT2D eigenvalue weighted by molar-refractivity contribution is 0.0714. The Labute approximate surface area is 185 Å². The van der Waals surface area contributed by atoms with Gasteiger partial charge in [-0.2, -0.15) is 0 Å². The van der Waals surface area contributed by atoms with Gasteiger partial charge in [0.2, 0.25) is 0 Å². The van der Waals surface area contributed by atoms with Crippen LogP contribution in [0.5, 0.6) is 0 Å². The van der Waals surface area contributed by atoms with Crippen LogP contribution in [0.2, 0.25) is 5.15 Å². The van der Waals surface area contributed by atoms with Gasteiger partial charge in [0.25, 0.3) is 5.91 Å². The van der Waals surface area contributed by atoms with Gasteiger partial charge in [-0.05, 0) is 18.1 Å². The number of imidazole rings is 1. The Morgan fingerprint density at radius 3 is 2.61 bits per heavy atom. The molecule has 0 spiro atoms. The molecule has 0 N–H and O–H groups in total. The van der Waals surface area contributed by atoms with E-state index < -0.39 is 0 Å². The predicted octanol–water partition coefficient (Wildman–Crippen LogP) is 4.82. The Morgan fingerprint density at radius 1 is 1.13 bits per heavy atom. The zero-order valence-electron chi connectivity index (χ0n) is 17.2. The van der Waals surface area contributed by atoms with Crippen molar-refractivity contribution in [3.63, 3.8) is 0 Å². The maximum Gasteiger partial charge on any atom is 0.276 e. The summed E-state index contributed by atoms with van der Waals surface area (Å²) in [5.74, 6) is 1.13. The first-order valence-corrected chi connectivity index (χ1v) is 10.5. The fourth-order valence-corrected chi connectivity index (χ4v) is 4.40. The summed E-state index contributed by atoms with van der Waals surface area (Å²) in [6.07, 6.45) is 0. The van der Waals surface area contributed by atoms with Gasteiger partial charge < -0.3 is 14.0 Å². The SMILES string of the molecule is Cc1nc(C2CN(C(=O)c3cc(-c4ccccc4)on3)Cc3ccccc32)c(Cl)n1C. The van der Waals surface area contributed by atoms with Gasteiger partial charge in [0.15, 0.2) is 11.5 Å².